The maximum atomic E-state index is 12.7. The van der Waals surface area contributed by atoms with Gasteiger partial charge in [0.05, 0.1) is 10.7 Å². The second-order valence-corrected chi connectivity index (χ2v) is 5.66. The largest absolute Gasteiger partial charge is 0.325 e. The summed E-state index contributed by atoms with van der Waals surface area (Å²) < 4.78 is 12.7. The molecule has 0 aliphatic carbocycles. The molecule has 0 aliphatic heterocycles. The Morgan fingerprint density at radius 3 is 2.55 bits per heavy atom. The molecule has 2 aromatic rings. The molecule has 0 aromatic heterocycles. The van der Waals surface area contributed by atoms with Crippen molar-refractivity contribution in [1.82, 2.24) is 0 Å². The monoisotopic (exact) mass is 309 g/mol. The van der Waals surface area contributed by atoms with Gasteiger partial charge in [-0.1, -0.05) is 23.7 Å². The summed E-state index contributed by atoms with van der Waals surface area (Å²) in [6, 6.07) is 13.3. The normalized spacial score (nSPS) is 10.3. The number of nitrogens with one attached hydrogen (secondary N) is 1. The predicted molar refractivity (Wildman–Crippen MR) is 81.8 cm³/mol. The smallest absolute Gasteiger partial charge is 0.225 e. The standard InChI is InChI=1S/C15H13ClFNOS/c16-13-3-1-2-4-14(13)18-15(19)9-10-20-12-7-5-11(17)6-8-12/h1-8H,9-10H2,(H,18,19). The molecular formula is C15H13ClFNOS. The molecule has 0 aliphatic rings. The second kappa shape index (κ2) is 7.31. The van der Waals surface area contributed by atoms with Gasteiger partial charge in [-0.15, -0.1) is 11.8 Å². The van der Waals surface area contributed by atoms with Gasteiger partial charge >= 0.3 is 0 Å². The summed E-state index contributed by atoms with van der Waals surface area (Å²) in [6.45, 7) is 0. The van der Waals surface area contributed by atoms with Crippen molar-refractivity contribution < 1.29 is 9.18 Å². The van der Waals surface area contributed by atoms with E-state index in [1.165, 1.54) is 23.9 Å². The minimum Gasteiger partial charge on any atom is -0.325 e. The molecule has 0 radical (unpaired) electrons. The van der Waals surface area contributed by atoms with Crippen LogP contribution in [0.4, 0.5) is 10.1 Å². The molecule has 0 fully saturated rings. The van der Waals surface area contributed by atoms with Gasteiger partial charge < -0.3 is 5.32 Å². The van der Waals surface area contributed by atoms with E-state index in [0.29, 0.717) is 22.9 Å². The van der Waals surface area contributed by atoms with Gasteiger partial charge in [-0.25, -0.2) is 4.39 Å². The van der Waals surface area contributed by atoms with Crippen molar-refractivity contribution in [1.29, 1.82) is 0 Å². The third-order valence-corrected chi connectivity index (χ3v) is 3.90. The summed E-state index contributed by atoms with van der Waals surface area (Å²) in [5, 5.41) is 3.28. The lowest BCUT2D eigenvalue weighted by Crippen LogP contribution is -2.12. The van der Waals surface area contributed by atoms with E-state index in [0.717, 1.165) is 4.90 Å². The Bertz CT molecular complexity index is 589. The van der Waals surface area contributed by atoms with Crippen molar-refractivity contribution in [3.05, 3.63) is 59.4 Å². The maximum Gasteiger partial charge on any atom is 0.225 e. The van der Waals surface area contributed by atoms with E-state index >= 15 is 0 Å². The van der Waals surface area contributed by atoms with Gasteiger partial charge in [-0.3, -0.25) is 4.79 Å². The van der Waals surface area contributed by atoms with Gasteiger partial charge in [0, 0.05) is 17.1 Å². The van der Waals surface area contributed by atoms with Crippen LogP contribution in [0.5, 0.6) is 0 Å². The molecule has 104 valence electrons. The number of para-hydroxylation sites is 1. The molecule has 1 N–H and O–H groups in total. The Hall–Kier alpha value is -1.52. The Morgan fingerprint density at radius 2 is 1.85 bits per heavy atom. The molecule has 0 heterocycles. The molecule has 5 heteroatoms. The van der Waals surface area contributed by atoms with E-state index in [1.807, 2.05) is 12.1 Å². The fourth-order valence-electron chi connectivity index (χ4n) is 1.57. The van der Waals surface area contributed by atoms with Crippen molar-refractivity contribution in [2.45, 2.75) is 11.3 Å². The zero-order valence-corrected chi connectivity index (χ0v) is 12.2. The summed E-state index contributed by atoms with van der Waals surface area (Å²) in [5.74, 6) is 0.278. The van der Waals surface area contributed by atoms with E-state index in [4.69, 9.17) is 11.6 Å². The molecule has 0 spiro atoms. The molecule has 2 aromatic carbocycles. The van der Waals surface area contributed by atoms with Gasteiger partial charge in [0.15, 0.2) is 0 Å². The minimum atomic E-state index is -0.259. The highest BCUT2D eigenvalue weighted by Gasteiger charge is 2.05. The minimum absolute atomic E-state index is 0.0901. The van der Waals surface area contributed by atoms with Crippen LogP contribution >= 0.6 is 23.4 Å². The van der Waals surface area contributed by atoms with E-state index in [-0.39, 0.29) is 11.7 Å². The molecule has 0 saturated carbocycles. The Kier molecular flexibility index (Phi) is 5.44. The van der Waals surface area contributed by atoms with Crippen molar-refractivity contribution in [2.75, 3.05) is 11.1 Å². The van der Waals surface area contributed by atoms with Crippen LogP contribution in [0, 0.1) is 5.82 Å². The molecule has 2 rings (SSSR count). The Morgan fingerprint density at radius 1 is 1.15 bits per heavy atom. The van der Waals surface area contributed by atoms with Crippen LogP contribution in [-0.4, -0.2) is 11.7 Å². The van der Waals surface area contributed by atoms with Crippen LogP contribution in [0.1, 0.15) is 6.42 Å². The van der Waals surface area contributed by atoms with Gasteiger partial charge in [0.1, 0.15) is 5.82 Å². The SMILES string of the molecule is O=C(CCSc1ccc(F)cc1)Nc1ccccc1Cl. The number of carbonyl (C=O) groups excluding carboxylic acids is 1. The Labute approximate surface area is 126 Å². The lowest BCUT2D eigenvalue weighted by atomic mass is 10.3. The number of rotatable bonds is 5. The molecule has 1 amide bonds. The van der Waals surface area contributed by atoms with Crippen LogP contribution < -0.4 is 5.32 Å². The first-order valence-electron chi connectivity index (χ1n) is 6.08. The average Bonchev–Trinajstić information content (AvgIpc) is 2.44. The van der Waals surface area contributed by atoms with Crippen LogP contribution in [0.3, 0.4) is 0 Å². The highest BCUT2D eigenvalue weighted by atomic mass is 35.5. The Balaban J connectivity index is 1.78. The highest BCUT2D eigenvalue weighted by molar-refractivity contribution is 7.99. The van der Waals surface area contributed by atoms with Crippen molar-refractivity contribution >= 4 is 35.0 Å². The number of benzene rings is 2. The number of amides is 1. The van der Waals surface area contributed by atoms with E-state index in [2.05, 4.69) is 5.32 Å². The lowest BCUT2D eigenvalue weighted by molar-refractivity contribution is -0.115. The van der Waals surface area contributed by atoms with Crippen molar-refractivity contribution in [3.8, 4) is 0 Å². The summed E-state index contributed by atoms with van der Waals surface area (Å²) in [5.41, 5.74) is 0.617. The second-order valence-electron chi connectivity index (χ2n) is 4.08. The van der Waals surface area contributed by atoms with Gasteiger partial charge in [0.25, 0.3) is 0 Å². The van der Waals surface area contributed by atoms with E-state index in [9.17, 15) is 9.18 Å². The summed E-state index contributed by atoms with van der Waals surface area (Å²) in [7, 11) is 0. The molecule has 20 heavy (non-hydrogen) atoms. The number of halogens is 2. The molecular weight excluding hydrogens is 297 g/mol. The van der Waals surface area contributed by atoms with Crippen LogP contribution in [0.2, 0.25) is 5.02 Å². The fraction of sp³-hybridized carbons (Fsp3) is 0.133. The van der Waals surface area contributed by atoms with Crippen LogP contribution in [-0.2, 0) is 4.79 Å². The van der Waals surface area contributed by atoms with Crippen LogP contribution in [0.25, 0.3) is 0 Å². The lowest BCUT2D eigenvalue weighted by Gasteiger charge is -2.06. The number of hydrogen-bond acceptors (Lipinski definition) is 2. The fourth-order valence-corrected chi connectivity index (χ4v) is 2.60. The molecule has 0 atom stereocenters. The summed E-state index contributed by atoms with van der Waals surface area (Å²) >= 11 is 7.47. The van der Waals surface area contributed by atoms with E-state index in [1.54, 1.807) is 24.3 Å². The zero-order chi connectivity index (χ0) is 14.4. The van der Waals surface area contributed by atoms with Gasteiger partial charge in [-0.2, -0.15) is 0 Å². The molecule has 0 bridgehead atoms. The first kappa shape index (κ1) is 14.9. The summed E-state index contributed by atoms with van der Waals surface area (Å²) in [4.78, 5) is 12.7. The third kappa shape index (κ3) is 4.54. The van der Waals surface area contributed by atoms with Gasteiger partial charge in [0.2, 0.25) is 5.91 Å². The number of thioether (sulfide) groups is 1. The molecule has 0 unspecified atom stereocenters. The molecule has 2 nitrogen and oxygen atoms in total. The predicted octanol–water partition coefficient (Wildman–Crippen LogP) is 4.60. The molecule has 0 saturated heterocycles. The number of hydrogen-bond donors (Lipinski definition) is 1. The number of carbonyl (C=O) groups is 1. The van der Waals surface area contributed by atoms with Crippen molar-refractivity contribution in [2.24, 2.45) is 0 Å². The zero-order valence-electron chi connectivity index (χ0n) is 10.6. The van der Waals surface area contributed by atoms with Crippen LogP contribution in [0.15, 0.2) is 53.4 Å². The van der Waals surface area contributed by atoms with Crippen molar-refractivity contribution in [3.63, 3.8) is 0 Å². The topological polar surface area (TPSA) is 29.1 Å². The highest BCUT2D eigenvalue weighted by Crippen LogP contribution is 2.22. The van der Waals surface area contributed by atoms with E-state index < -0.39 is 0 Å². The summed E-state index contributed by atoms with van der Waals surface area (Å²) in [6.07, 6.45) is 0.368. The third-order valence-electron chi connectivity index (χ3n) is 2.56. The number of anilines is 1. The first-order valence-corrected chi connectivity index (χ1v) is 7.44. The maximum absolute atomic E-state index is 12.7. The average molecular weight is 310 g/mol. The van der Waals surface area contributed by atoms with Gasteiger partial charge in [-0.05, 0) is 36.4 Å². The quantitative estimate of drug-likeness (QED) is 0.818. The first-order chi connectivity index (χ1) is 9.65.